The number of terminal acetylenes is 1. The van der Waals surface area contributed by atoms with Crippen molar-refractivity contribution in [2.75, 3.05) is 45.8 Å². The van der Waals surface area contributed by atoms with Gasteiger partial charge >= 0.3 is 0 Å². The molecule has 0 amide bonds. The van der Waals surface area contributed by atoms with Gasteiger partial charge in [0.2, 0.25) is 0 Å². The average molecular weight is 251 g/mol. The minimum absolute atomic E-state index is 0.704. The monoisotopic (exact) mass is 251 g/mol. The van der Waals surface area contributed by atoms with Crippen LogP contribution in [0.4, 0.5) is 0 Å². The zero-order valence-electron chi connectivity index (χ0n) is 12.1. The summed E-state index contributed by atoms with van der Waals surface area (Å²) in [7, 11) is 0. The SMILES string of the molecule is C#CCN1CCC(NCCCN(CC)CC)CC1. The number of nitrogens with zero attached hydrogens (tertiary/aromatic N) is 2. The summed E-state index contributed by atoms with van der Waals surface area (Å²) in [5.41, 5.74) is 0. The van der Waals surface area contributed by atoms with E-state index in [4.69, 9.17) is 6.42 Å². The summed E-state index contributed by atoms with van der Waals surface area (Å²) in [5, 5.41) is 3.68. The van der Waals surface area contributed by atoms with E-state index in [0.717, 1.165) is 26.2 Å². The normalized spacial score (nSPS) is 18.1. The Morgan fingerprint density at radius 1 is 1.28 bits per heavy atom. The Kier molecular flexibility index (Phi) is 8.08. The second-order valence-electron chi connectivity index (χ2n) is 5.09. The fourth-order valence-corrected chi connectivity index (χ4v) is 2.57. The first-order valence-electron chi connectivity index (χ1n) is 7.41. The van der Waals surface area contributed by atoms with E-state index in [1.165, 1.54) is 38.9 Å². The molecule has 0 atom stereocenters. The van der Waals surface area contributed by atoms with Crippen molar-refractivity contribution < 1.29 is 0 Å². The van der Waals surface area contributed by atoms with Crippen molar-refractivity contribution in [1.82, 2.24) is 15.1 Å². The Balaban J connectivity index is 2.02. The summed E-state index contributed by atoms with van der Waals surface area (Å²) in [6.45, 7) is 12.3. The molecule has 0 bridgehead atoms. The van der Waals surface area contributed by atoms with Crippen LogP contribution in [-0.4, -0.2) is 61.7 Å². The number of rotatable bonds is 8. The third-order valence-electron chi connectivity index (χ3n) is 3.88. The van der Waals surface area contributed by atoms with Gasteiger partial charge in [0.15, 0.2) is 0 Å². The lowest BCUT2D eigenvalue weighted by Gasteiger charge is -2.31. The third-order valence-corrected chi connectivity index (χ3v) is 3.88. The maximum atomic E-state index is 5.33. The van der Waals surface area contributed by atoms with E-state index < -0.39 is 0 Å². The van der Waals surface area contributed by atoms with E-state index in [1.807, 2.05) is 0 Å². The molecule has 1 aliphatic rings. The Morgan fingerprint density at radius 3 is 2.50 bits per heavy atom. The third kappa shape index (κ3) is 5.86. The van der Waals surface area contributed by atoms with Crippen molar-refractivity contribution in [2.24, 2.45) is 0 Å². The summed E-state index contributed by atoms with van der Waals surface area (Å²) in [6, 6.07) is 0.704. The highest BCUT2D eigenvalue weighted by Gasteiger charge is 2.17. The maximum Gasteiger partial charge on any atom is 0.0598 e. The highest BCUT2D eigenvalue weighted by Crippen LogP contribution is 2.09. The summed E-state index contributed by atoms with van der Waals surface area (Å²) in [6.07, 6.45) is 9.08. The lowest BCUT2D eigenvalue weighted by atomic mass is 10.1. The topological polar surface area (TPSA) is 18.5 Å². The fourth-order valence-electron chi connectivity index (χ4n) is 2.57. The van der Waals surface area contributed by atoms with Crippen molar-refractivity contribution >= 4 is 0 Å². The van der Waals surface area contributed by atoms with Crippen molar-refractivity contribution in [3.63, 3.8) is 0 Å². The van der Waals surface area contributed by atoms with Crippen LogP contribution >= 0.6 is 0 Å². The maximum absolute atomic E-state index is 5.33. The molecule has 1 saturated heterocycles. The van der Waals surface area contributed by atoms with E-state index in [9.17, 15) is 0 Å². The molecule has 104 valence electrons. The molecule has 0 unspecified atom stereocenters. The van der Waals surface area contributed by atoms with E-state index >= 15 is 0 Å². The molecule has 0 aliphatic carbocycles. The van der Waals surface area contributed by atoms with Gasteiger partial charge in [0.25, 0.3) is 0 Å². The van der Waals surface area contributed by atoms with Gasteiger partial charge in [0.05, 0.1) is 6.54 Å². The number of likely N-dealkylation sites (tertiary alicyclic amines) is 1. The molecule has 3 heteroatoms. The molecule has 18 heavy (non-hydrogen) atoms. The van der Waals surface area contributed by atoms with E-state index in [-0.39, 0.29) is 0 Å². The predicted octanol–water partition coefficient (Wildman–Crippen LogP) is 1.41. The predicted molar refractivity (Wildman–Crippen MR) is 78.7 cm³/mol. The van der Waals surface area contributed by atoms with Gasteiger partial charge in [-0.3, -0.25) is 4.90 Å². The number of piperidine rings is 1. The Morgan fingerprint density at radius 2 is 1.94 bits per heavy atom. The van der Waals surface area contributed by atoms with E-state index in [0.29, 0.717) is 6.04 Å². The summed E-state index contributed by atoms with van der Waals surface area (Å²) >= 11 is 0. The number of hydrogen-bond donors (Lipinski definition) is 1. The Labute approximate surface area is 113 Å². The lowest BCUT2D eigenvalue weighted by molar-refractivity contribution is 0.215. The average Bonchev–Trinajstić information content (AvgIpc) is 2.41. The molecule has 0 aromatic rings. The molecule has 1 N–H and O–H groups in total. The number of hydrogen-bond acceptors (Lipinski definition) is 3. The zero-order chi connectivity index (χ0) is 13.2. The first-order chi connectivity index (χ1) is 8.80. The van der Waals surface area contributed by atoms with Crippen LogP contribution in [0.3, 0.4) is 0 Å². The molecule has 0 spiro atoms. The van der Waals surface area contributed by atoms with Gasteiger partial charge in [-0.05, 0) is 45.4 Å². The Bertz CT molecular complexity index is 235. The second kappa shape index (κ2) is 9.38. The van der Waals surface area contributed by atoms with Gasteiger partial charge in [0, 0.05) is 19.1 Å². The van der Waals surface area contributed by atoms with Crippen LogP contribution in [0.5, 0.6) is 0 Å². The quantitative estimate of drug-likeness (QED) is 0.520. The molecule has 1 fully saturated rings. The largest absolute Gasteiger partial charge is 0.314 e. The fraction of sp³-hybridized carbons (Fsp3) is 0.867. The van der Waals surface area contributed by atoms with Gasteiger partial charge in [-0.2, -0.15) is 0 Å². The molecule has 1 heterocycles. The van der Waals surface area contributed by atoms with Crippen molar-refractivity contribution in [1.29, 1.82) is 0 Å². The van der Waals surface area contributed by atoms with E-state index in [2.05, 4.69) is 34.9 Å². The minimum Gasteiger partial charge on any atom is -0.314 e. The molecular weight excluding hydrogens is 222 g/mol. The smallest absolute Gasteiger partial charge is 0.0598 e. The van der Waals surface area contributed by atoms with Crippen molar-refractivity contribution in [3.8, 4) is 12.3 Å². The van der Waals surface area contributed by atoms with Crippen LogP contribution in [0.2, 0.25) is 0 Å². The van der Waals surface area contributed by atoms with Crippen LogP contribution in [0.15, 0.2) is 0 Å². The molecule has 0 aromatic heterocycles. The van der Waals surface area contributed by atoms with Gasteiger partial charge < -0.3 is 10.2 Å². The lowest BCUT2D eigenvalue weighted by Crippen LogP contribution is -2.43. The molecular formula is C15H29N3. The first kappa shape index (κ1) is 15.5. The molecule has 0 radical (unpaired) electrons. The van der Waals surface area contributed by atoms with Crippen LogP contribution in [0.1, 0.15) is 33.1 Å². The van der Waals surface area contributed by atoms with Crippen molar-refractivity contribution in [2.45, 2.75) is 39.2 Å². The Hall–Kier alpha value is -0.560. The van der Waals surface area contributed by atoms with Crippen LogP contribution in [0.25, 0.3) is 0 Å². The first-order valence-corrected chi connectivity index (χ1v) is 7.41. The second-order valence-corrected chi connectivity index (χ2v) is 5.09. The molecule has 0 aromatic carbocycles. The van der Waals surface area contributed by atoms with Crippen molar-refractivity contribution in [3.05, 3.63) is 0 Å². The highest BCUT2D eigenvalue weighted by atomic mass is 15.1. The van der Waals surface area contributed by atoms with Gasteiger partial charge in [-0.15, -0.1) is 6.42 Å². The molecule has 1 rings (SSSR count). The summed E-state index contributed by atoms with van der Waals surface area (Å²) in [4.78, 5) is 4.85. The number of nitrogens with one attached hydrogen (secondary N) is 1. The van der Waals surface area contributed by atoms with Gasteiger partial charge in [0.1, 0.15) is 0 Å². The van der Waals surface area contributed by atoms with E-state index in [1.54, 1.807) is 0 Å². The van der Waals surface area contributed by atoms with Gasteiger partial charge in [-0.1, -0.05) is 19.8 Å². The standard InChI is InChI=1S/C15H29N3/c1-4-11-18-13-8-15(9-14-18)16-10-7-12-17(5-2)6-3/h1,15-16H,5-14H2,2-3H3. The molecule has 0 saturated carbocycles. The summed E-state index contributed by atoms with van der Waals surface area (Å²) < 4.78 is 0. The highest BCUT2D eigenvalue weighted by molar-refractivity contribution is 4.90. The minimum atomic E-state index is 0.704. The van der Waals surface area contributed by atoms with Crippen LogP contribution in [-0.2, 0) is 0 Å². The molecule has 1 aliphatic heterocycles. The van der Waals surface area contributed by atoms with Crippen LogP contribution < -0.4 is 5.32 Å². The zero-order valence-corrected chi connectivity index (χ0v) is 12.1. The molecule has 3 nitrogen and oxygen atoms in total. The summed E-state index contributed by atoms with van der Waals surface area (Å²) in [5.74, 6) is 2.73. The van der Waals surface area contributed by atoms with Gasteiger partial charge in [-0.25, -0.2) is 0 Å². The van der Waals surface area contributed by atoms with Crippen LogP contribution in [0, 0.1) is 12.3 Å².